The minimum atomic E-state index is -0.489. The van der Waals surface area contributed by atoms with Crippen LogP contribution in [0.15, 0.2) is 54.9 Å². The van der Waals surface area contributed by atoms with Gasteiger partial charge in [0, 0.05) is 42.3 Å². The summed E-state index contributed by atoms with van der Waals surface area (Å²) in [6.07, 6.45) is 4.83. The van der Waals surface area contributed by atoms with Gasteiger partial charge in [0.2, 0.25) is 5.91 Å². The Kier molecular flexibility index (Phi) is 8.04. The molecule has 34 heavy (non-hydrogen) atoms. The predicted molar refractivity (Wildman–Crippen MR) is 131 cm³/mol. The molecule has 0 spiro atoms. The van der Waals surface area contributed by atoms with Crippen LogP contribution in [-0.4, -0.2) is 60.2 Å². The zero-order valence-electron chi connectivity index (χ0n) is 18.4. The second-order valence-electron chi connectivity index (χ2n) is 7.54. The van der Waals surface area contributed by atoms with Crippen molar-refractivity contribution in [3.63, 3.8) is 0 Å². The Morgan fingerprint density at radius 2 is 2.06 bits per heavy atom. The van der Waals surface area contributed by atoms with E-state index >= 15 is 0 Å². The van der Waals surface area contributed by atoms with E-state index in [0.717, 1.165) is 49.3 Å². The highest BCUT2D eigenvalue weighted by Crippen LogP contribution is 2.26. The lowest BCUT2D eigenvalue weighted by Gasteiger charge is -2.24. The van der Waals surface area contributed by atoms with E-state index in [1.807, 2.05) is 24.3 Å². The maximum Gasteiger partial charge on any atom is 0.244 e. The first-order valence-electron chi connectivity index (χ1n) is 10.8. The molecular formula is C25H23ClFN5O2. The molecule has 2 aromatic carbocycles. The molecule has 3 aromatic rings. The number of aromatic nitrogens is 2. The molecule has 2 heterocycles. The Morgan fingerprint density at radius 3 is 2.88 bits per heavy atom. The minimum Gasteiger partial charge on any atom is -0.379 e. The van der Waals surface area contributed by atoms with Crippen molar-refractivity contribution in [2.45, 2.75) is 0 Å². The Hall–Kier alpha value is -3.51. The molecule has 0 radical (unpaired) electrons. The molecule has 0 bridgehead atoms. The van der Waals surface area contributed by atoms with Crippen molar-refractivity contribution >= 4 is 39.9 Å². The monoisotopic (exact) mass is 479 g/mol. The van der Waals surface area contributed by atoms with E-state index in [1.165, 1.54) is 24.5 Å². The van der Waals surface area contributed by atoms with Gasteiger partial charge in [0.15, 0.2) is 0 Å². The highest BCUT2D eigenvalue weighted by Gasteiger charge is 2.08. The van der Waals surface area contributed by atoms with Crippen LogP contribution in [0.3, 0.4) is 0 Å². The van der Waals surface area contributed by atoms with E-state index in [-0.39, 0.29) is 17.5 Å². The van der Waals surface area contributed by atoms with Crippen LogP contribution in [-0.2, 0) is 9.53 Å². The Bertz CT molecular complexity index is 1270. The van der Waals surface area contributed by atoms with Gasteiger partial charge in [0.05, 0.1) is 30.3 Å². The fourth-order valence-electron chi connectivity index (χ4n) is 3.37. The van der Waals surface area contributed by atoms with E-state index in [2.05, 4.69) is 37.3 Å². The number of morpholine rings is 1. The van der Waals surface area contributed by atoms with Gasteiger partial charge in [-0.05, 0) is 36.4 Å². The zero-order chi connectivity index (χ0) is 23.8. The third-order valence-electron chi connectivity index (χ3n) is 5.14. The molecule has 174 valence electrons. The van der Waals surface area contributed by atoms with Gasteiger partial charge < -0.3 is 15.4 Å². The Morgan fingerprint density at radius 1 is 1.21 bits per heavy atom. The first kappa shape index (κ1) is 23.6. The van der Waals surface area contributed by atoms with Crippen LogP contribution >= 0.6 is 11.6 Å². The summed E-state index contributed by atoms with van der Waals surface area (Å²) >= 11 is 5.87. The Labute approximate surface area is 202 Å². The van der Waals surface area contributed by atoms with Gasteiger partial charge in [-0.2, -0.15) is 0 Å². The normalized spacial score (nSPS) is 14.1. The summed E-state index contributed by atoms with van der Waals surface area (Å²) < 4.78 is 18.7. The lowest BCUT2D eigenvalue weighted by molar-refractivity contribution is -0.116. The summed E-state index contributed by atoms with van der Waals surface area (Å²) in [6, 6.07) is 9.92. The van der Waals surface area contributed by atoms with E-state index in [0.29, 0.717) is 11.5 Å². The first-order valence-corrected chi connectivity index (χ1v) is 11.2. The highest BCUT2D eigenvalue weighted by atomic mass is 35.5. The van der Waals surface area contributed by atoms with Crippen LogP contribution in [0, 0.1) is 17.7 Å². The van der Waals surface area contributed by atoms with Crippen molar-refractivity contribution < 1.29 is 13.9 Å². The topological polar surface area (TPSA) is 79.4 Å². The van der Waals surface area contributed by atoms with Crippen molar-refractivity contribution in [3.8, 4) is 11.8 Å². The molecule has 1 amide bonds. The number of carbonyl (C=O) groups excluding carboxylic acids is 1. The van der Waals surface area contributed by atoms with Crippen LogP contribution < -0.4 is 10.6 Å². The quantitative estimate of drug-likeness (QED) is 0.416. The van der Waals surface area contributed by atoms with E-state index in [4.69, 9.17) is 16.3 Å². The number of fused-ring (bicyclic) bond motifs is 1. The molecule has 4 rings (SSSR count). The average Bonchev–Trinajstić information content (AvgIpc) is 2.85. The van der Waals surface area contributed by atoms with Gasteiger partial charge in [-0.25, -0.2) is 14.4 Å². The van der Waals surface area contributed by atoms with Crippen molar-refractivity contribution in [1.29, 1.82) is 0 Å². The SMILES string of the molecule is O=C(C=CCN1CCOCC1)NCC#Cc1ccc2ncnc(Nc3ccc(F)c(Cl)c3)c2c1. The fraction of sp³-hybridized carbons (Fsp3) is 0.240. The number of halogens is 2. The van der Waals surface area contributed by atoms with Crippen molar-refractivity contribution in [3.05, 3.63) is 71.3 Å². The molecule has 0 aliphatic carbocycles. The van der Waals surface area contributed by atoms with Crippen LogP contribution in [0.1, 0.15) is 5.56 Å². The third-order valence-corrected chi connectivity index (χ3v) is 5.43. The van der Waals surface area contributed by atoms with Gasteiger partial charge in [0.1, 0.15) is 18.0 Å². The number of benzene rings is 2. The molecule has 0 unspecified atom stereocenters. The number of amides is 1. The first-order chi connectivity index (χ1) is 16.6. The molecule has 0 atom stereocenters. The molecule has 1 aliphatic rings. The van der Waals surface area contributed by atoms with Crippen LogP contribution in [0.25, 0.3) is 10.9 Å². The summed E-state index contributed by atoms with van der Waals surface area (Å²) in [6.45, 7) is 4.17. The molecule has 0 saturated carbocycles. The number of hydrogen-bond acceptors (Lipinski definition) is 6. The minimum absolute atomic E-state index is 0.0212. The number of nitrogens with zero attached hydrogens (tertiary/aromatic N) is 3. The van der Waals surface area contributed by atoms with E-state index in [1.54, 1.807) is 6.07 Å². The number of ether oxygens (including phenoxy) is 1. The van der Waals surface area contributed by atoms with Crippen LogP contribution in [0.4, 0.5) is 15.9 Å². The number of nitrogens with one attached hydrogen (secondary N) is 2. The lowest BCUT2D eigenvalue weighted by atomic mass is 10.1. The standard InChI is InChI=1S/C25H23ClFN5O2/c26-21-16-19(6-7-22(21)27)31-25-20-15-18(5-8-23(20)29-17-30-25)3-1-9-28-24(33)4-2-10-32-11-13-34-14-12-32/h2,4-8,15-17H,9-14H2,(H,28,33)(H,29,30,31). The molecule has 2 N–H and O–H groups in total. The van der Waals surface area contributed by atoms with Crippen molar-refractivity contribution in [2.24, 2.45) is 0 Å². The van der Waals surface area contributed by atoms with Gasteiger partial charge in [-0.1, -0.05) is 29.5 Å². The van der Waals surface area contributed by atoms with Crippen molar-refractivity contribution in [2.75, 3.05) is 44.7 Å². The van der Waals surface area contributed by atoms with E-state index < -0.39 is 5.82 Å². The highest BCUT2D eigenvalue weighted by molar-refractivity contribution is 6.31. The summed E-state index contributed by atoms with van der Waals surface area (Å²) in [7, 11) is 0. The third kappa shape index (κ3) is 6.51. The summed E-state index contributed by atoms with van der Waals surface area (Å²) in [5.74, 6) is 5.88. The van der Waals surface area contributed by atoms with Crippen molar-refractivity contribution in [1.82, 2.24) is 20.2 Å². The number of anilines is 2. The van der Waals surface area contributed by atoms with Gasteiger partial charge in [-0.15, -0.1) is 0 Å². The Balaban J connectivity index is 1.36. The average molecular weight is 480 g/mol. The number of hydrogen-bond donors (Lipinski definition) is 2. The molecule has 1 fully saturated rings. The van der Waals surface area contributed by atoms with E-state index in [9.17, 15) is 9.18 Å². The zero-order valence-corrected chi connectivity index (χ0v) is 19.1. The number of carbonyl (C=O) groups is 1. The lowest BCUT2D eigenvalue weighted by Crippen LogP contribution is -2.36. The molecular weight excluding hydrogens is 457 g/mol. The fourth-order valence-corrected chi connectivity index (χ4v) is 3.55. The maximum absolute atomic E-state index is 13.4. The van der Waals surface area contributed by atoms with Gasteiger partial charge in [-0.3, -0.25) is 9.69 Å². The summed E-state index contributed by atoms with van der Waals surface area (Å²) in [5, 5.41) is 6.68. The summed E-state index contributed by atoms with van der Waals surface area (Å²) in [5.41, 5.74) is 2.09. The molecule has 1 aromatic heterocycles. The molecule has 7 nitrogen and oxygen atoms in total. The van der Waals surface area contributed by atoms with Gasteiger partial charge in [0.25, 0.3) is 0 Å². The second-order valence-corrected chi connectivity index (χ2v) is 7.95. The summed E-state index contributed by atoms with van der Waals surface area (Å²) in [4.78, 5) is 22.8. The smallest absolute Gasteiger partial charge is 0.244 e. The van der Waals surface area contributed by atoms with Crippen LogP contribution in [0.2, 0.25) is 5.02 Å². The molecule has 1 saturated heterocycles. The second kappa shape index (κ2) is 11.6. The van der Waals surface area contributed by atoms with Gasteiger partial charge >= 0.3 is 0 Å². The van der Waals surface area contributed by atoms with Crippen LogP contribution in [0.5, 0.6) is 0 Å². The number of rotatable bonds is 6. The maximum atomic E-state index is 13.4. The predicted octanol–water partition coefficient (Wildman–Crippen LogP) is 3.52. The molecule has 9 heteroatoms. The largest absolute Gasteiger partial charge is 0.379 e. The molecule has 1 aliphatic heterocycles.